The predicted molar refractivity (Wildman–Crippen MR) is 114 cm³/mol. The van der Waals surface area contributed by atoms with Gasteiger partial charge in [-0.05, 0) is 51.4 Å². The molecule has 0 amide bonds. The summed E-state index contributed by atoms with van der Waals surface area (Å²) in [7, 11) is 0. The molecule has 0 unspecified atom stereocenters. The summed E-state index contributed by atoms with van der Waals surface area (Å²) in [5.41, 5.74) is 0. The maximum absolute atomic E-state index is 4.74. The van der Waals surface area contributed by atoms with Crippen LogP contribution in [-0.4, -0.2) is 39.9 Å². The summed E-state index contributed by atoms with van der Waals surface area (Å²) in [5, 5.41) is 14.7. The largest absolute Gasteiger partial charge is 0.357 e. The molecule has 0 bridgehead atoms. The second-order valence-electron chi connectivity index (χ2n) is 6.82. The summed E-state index contributed by atoms with van der Waals surface area (Å²) in [5.74, 6) is 1.94. The summed E-state index contributed by atoms with van der Waals surface area (Å²) >= 11 is 0. The number of guanidine groups is 1. The minimum atomic E-state index is 0. The third-order valence-electron chi connectivity index (χ3n) is 4.79. The summed E-state index contributed by atoms with van der Waals surface area (Å²) < 4.78 is 2.02. The van der Waals surface area contributed by atoms with Gasteiger partial charge in [-0.1, -0.05) is 19.8 Å². The van der Waals surface area contributed by atoms with Crippen LogP contribution in [0.2, 0.25) is 0 Å². The number of aryl methyl sites for hydroxylation is 1. The molecule has 1 heterocycles. The van der Waals surface area contributed by atoms with E-state index in [1.165, 1.54) is 38.5 Å². The van der Waals surface area contributed by atoms with Crippen LogP contribution in [0.3, 0.4) is 0 Å². The summed E-state index contributed by atoms with van der Waals surface area (Å²) in [6, 6.07) is 0.591. The molecule has 1 aromatic rings. The Hall–Kier alpha value is -0.860. The first-order chi connectivity index (χ1) is 11.8. The fourth-order valence-electron chi connectivity index (χ4n) is 3.45. The van der Waals surface area contributed by atoms with Crippen LogP contribution in [-0.2, 0) is 6.54 Å². The molecule has 0 saturated heterocycles. The van der Waals surface area contributed by atoms with Gasteiger partial charge in [-0.15, -0.1) is 34.2 Å². The van der Waals surface area contributed by atoms with Crippen molar-refractivity contribution >= 4 is 29.9 Å². The van der Waals surface area contributed by atoms with Crippen molar-refractivity contribution in [2.45, 2.75) is 77.8 Å². The number of hydrogen-bond acceptors (Lipinski definition) is 3. The van der Waals surface area contributed by atoms with Crippen LogP contribution in [0.25, 0.3) is 0 Å². The lowest BCUT2D eigenvalue weighted by Gasteiger charge is -2.30. The Morgan fingerprint density at radius 2 is 1.84 bits per heavy atom. The first-order valence-corrected chi connectivity index (χ1v) is 9.69. The van der Waals surface area contributed by atoms with E-state index in [0.29, 0.717) is 6.04 Å². The van der Waals surface area contributed by atoms with Crippen molar-refractivity contribution in [3.8, 4) is 0 Å². The molecule has 0 aromatic carbocycles. The predicted octanol–water partition coefficient (Wildman–Crippen LogP) is 3.59. The summed E-state index contributed by atoms with van der Waals surface area (Å²) in [6.07, 6.45) is 13.7. The molecule has 1 aliphatic rings. The number of aliphatic imine (C=N–C) groups is 1. The van der Waals surface area contributed by atoms with E-state index in [2.05, 4.69) is 34.7 Å². The van der Waals surface area contributed by atoms with E-state index in [1.54, 1.807) is 12.7 Å². The molecule has 6 nitrogen and oxygen atoms in total. The molecule has 0 atom stereocenters. The van der Waals surface area contributed by atoms with Crippen LogP contribution < -0.4 is 10.6 Å². The number of aromatic nitrogens is 3. The molecule has 7 heteroatoms. The topological polar surface area (TPSA) is 67.1 Å². The zero-order chi connectivity index (χ0) is 17.0. The third kappa shape index (κ3) is 8.87. The molecule has 25 heavy (non-hydrogen) atoms. The molecule has 1 aliphatic carbocycles. The van der Waals surface area contributed by atoms with Crippen molar-refractivity contribution in [2.24, 2.45) is 10.9 Å². The van der Waals surface area contributed by atoms with Crippen LogP contribution in [0.1, 0.15) is 65.2 Å². The van der Waals surface area contributed by atoms with Crippen LogP contribution >= 0.6 is 24.0 Å². The van der Waals surface area contributed by atoms with E-state index < -0.39 is 0 Å². The molecule has 2 N–H and O–H groups in total. The van der Waals surface area contributed by atoms with E-state index in [4.69, 9.17) is 4.99 Å². The van der Waals surface area contributed by atoms with Gasteiger partial charge in [0.25, 0.3) is 0 Å². The third-order valence-corrected chi connectivity index (χ3v) is 4.79. The lowest BCUT2D eigenvalue weighted by atomic mass is 9.83. The highest BCUT2D eigenvalue weighted by molar-refractivity contribution is 14.0. The number of halogens is 1. The molecular weight excluding hydrogens is 427 g/mol. The quantitative estimate of drug-likeness (QED) is 0.255. The highest BCUT2D eigenvalue weighted by atomic mass is 127. The monoisotopic (exact) mass is 462 g/mol. The smallest absolute Gasteiger partial charge is 0.191 e. The Morgan fingerprint density at radius 1 is 1.12 bits per heavy atom. The maximum atomic E-state index is 4.74. The van der Waals surface area contributed by atoms with Gasteiger partial charge in [0.2, 0.25) is 0 Å². The van der Waals surface area contributed by atoms with Crippen molar-refractivity contribution in [3.63, 3.8) is 0 Å². The first-order valence-electron chi connectivity index (χ1n) is 9.69. The number of hydrogen-bond donors (Lipinski definition) is 2. The fourth-order valence-corrected chi connectivity index (χ4v) is 3.45. The summed E-state index contributed by atoms with van der Waals surface area (Å²) in [6.45, 7) is 7.17. The average molecular weight is 462 g/mol. The van der Waals surface area contributed by atoms with Gasteiger partial charge in [0.1, 0.15) is 12.7 Å². The molecule has 144 valence electrons. The number of nitrogens with zero attached hydrogens (tertiary/aromatic N) is 4. The molecule has 2 rings (SSSR count). The zero-order valence-corrected chi connectivity index (χ0v) is 18.1. The molecule has 0 spiro atoms. The van der Waals surface area contributed by atoms with E-state index in [-0.39, 0.29) is 24.0 Å². The average Bonchev–Trinajstić information content (AvgIpc) is 3.10. The van der Waals surface area contributed by atoms with E-state index in [9.17, 15) is 0 Å². The zero-order valence-electron chi connectivity index (χ0n) is 15.8. The van der Waals surface area contributed by atoms with Gasteiger partial charge in [0.05, 0.1) is 0 Å². The van der Waals surface area contributed by atoms with E-state index >= 15 is 0 Å². The highest BCUT2D eigenvalue weighted by Gasteiger charge is 2.21. The Labute approximate surface area is 169 Å². The van der Waals surface area contributed by atoms with Crippen molar-refractivity contribution < 1.29 is 0 Å². The Bertz CT molecular complexity index is 454. The maximum Gasteiger partial charge on any atom is 0.191 e. The van der Waals surface area contributed by atoms with E-state index in [1.807, 2.05) is 4.57 Å². The van der Waals surface area contributed by atoms with Gasteiger partial charge in [-0.3, -0.25) is 4.99 Å². The Morgan fingerprint density at radius 3 is 2.48 bits per heavy atom. The van der Waals surface area contributed by atoms with Crippen LogP contribution in [0.5, 0.6) is 0 Å². The molecule has 1 fully saturated rings. The molecular formula is C18H35IN6. The molecule has 0 aliphatic heterocycles. The normalized spacial score (nSPS) is 20.8. The van der Waals surface area contributed by atoms with Crippen LogP contribution in [0, 0.1) is 5.92 Å². The number of nitrogens with one attached hydrogen (secondary N) is 2. The molecule has 1 saturated carbocycles. The Kier molecular flexibility index (Phi) is 11.9. The number of rotatable bonds is 9. The first kappa shape index (κ1) is 22.2. The van der Waals surface area contributed by atoms with Gasteiger partial charge < -0.3 is 15.2 Å². The van der Waals surface area contributed by atoms with Gasteiger partial charge in [-0.25, -0.2) is 0 Å². The molecule has 1 aromatic heterocycles. The second-order valence-corrected chi connectivity index (χ2v) is 6.82. The SMILES string of the molecule is CCCC1CCC(NC(=NCCCCn2cnnc2)NCC)CC1.I. The van der Waals surface area contributed by atoms with E-state index in [0.717, 1.165) is 44.4 Å². The standard InChI is InChI=1S/C18H34N6.HI/c1-3-7-16-8-10-17(11-9-16)23-18(19-4-2)20-12-5-6-13-24-14-21-22-15-24;/h14-17H,3-13H2,1-2H3,(H2,19,20,23);1H. The van der Waals surface area contributed by atoms with Crippen molar-refractivity contribution in [2.75, 3.05) is 13.1 Å². The highest BCUT2D eigenvalue weighted by Crippen LogP contribution is 2.27. The lowest BCUT2D eigenvalue weighted by molar-refractivity contribution is 0.295. The van der Waals surface area contributed by atoms with Gasteiger partial charge in [-0.2, -0.15) is 0 Å². The van der Waals surface area contributed by atoms with Crippen molar-refractivity contribution in [1.82, 2.24) is 25.4 Å². The minimum Gasteiger partial charge on any atom is -0.357 e. The lowest BCUT2D eigenvalue weighted by Crippen LogP contribution is -2.45. The van der Waals surface area contributed by atoms with Gasteiger partial charge in [0.15, 0.2) is 5.96 Å². The van der Waals surface area contributed by atoms with Gasteiger partial charge in [0, 0.05) is 25.7 Å². The van der Waals surface area contributed by atoms with Crippen molar-refractivity contribution in [1.29, 1.82) is 0 Å². The fraction of sp³-hybridized carbons (Fsp3) is 0.833. The number of unbranched alkanes of at least 4 members (excludes halogenated alkanes) is 1. The Balaban J connectivity index is 0.00000312. The van der Waals surface area contributed by atoms with Crippen LogP contribution in [0.4, 0.5) is 0 Å². The van der Waals surface area contributed by atoms with Crippen LogP contribution in [0.15, 0.2) is 17.6 Å². The second kappa shape index (κ2) is 13.4. The molecule has 0 radical (unpaired) electrons. The van der Waals surface area contributed by atoms with Crippen molar-refractivity contribution in [3.05, 3.63) is 12.7 Å². The van der Waals surface area contributed by atoms with Gasteiger partial charge >= 0.3 is 0 Å². The summed E-state index contributed by atoms with van der Waals surface area (Å²) in [4.78, 5) is 4.74. The minimum absolute atomic E-state index is 0.